The number of hydrogen-bond acceptors (Lipinski definition) is 3. The van der Waals surface area contributed by atoms with Crippen LogP contribution in [0.4, 0.5) is 0 Å². The molecule has 0 aliphatic carbocycles. The van der Waals surface area contributed by atoms with Gasteiger partial charge in [0.05, 0.1) is 16.8 Å². The maximum atomic E-state index is 13.5. The van der Waals surface area contributed by atoms with Gasteiger partial charge in [0.1, 0.15) is 6.61 Å². The highest BCUT2D eigenvalue weighted by atomic mass is 16.5. The summed E-state index contributed by atoms with van der Waals surface area (Å²) in [6.07, 6.45) is 1.56. The van der Waals surface area contributed by atoms with Gasteiger partial charge >= 0.3 is 5.97 Å². The van der Waals surface area contributed by atoms with E-state index in [-0.39, 0.29) is 18.5 Å². The van der Waals surface area contributed by atoms with Crippen LogP contribution in [0, 0.1) is 0 Å². The van der Waals surface area contributed by atoms with Crippen LogP contribution in [-0.2, 0) is 16.1 Å². The fourth-order valence-electron chi connectivity index (χ4n) is 4.34. The number of hydrogen-bond donors (Lipinski definition) is 0. The summed E-state index contributed by atoms with van der Waals surface area (Å²) in [5, 5.41) is 1.04. The van der Waals surface area contributed by atoms with E-state index in [9.17, 15) is 9.59 Å². The summed E-state index contributed by atoms with van der Waals surface area (Å²) in [5.41, 5.74) is 5.44. The highest BCUT2D eigenvalue weighted by Crippen LogP contribution is 2.40. The SMILES string of the molecule is O=C(CCCC1=C(c2ccccc2)C(=O)n2c1cc1ccccc12)OCc1ccccc1. The molecule has 0 spiro atoms. The number of fused-ring (bicyclic) bond motifs is 3. The van der Waals surface area contributed by atoms with Crippen LogP contribution in [0.25, 0.3) is 22.0 Å². The largest absolute Gasteiger partial charge is 0.461 e. The third kappa shape index (κ3) is 3.76. The van der Waals surface area contributed by atoms with Crippen LogP contribution in [0.15, 0.2) is 91.0 Å². The highest BCUT2D eigenvalue weighted by molar-refractivity contribution is 6.33. The first-order valence-electron chi connectivity index (χ1n) is 10.9. The maximum absolute atomic E-state index is 13.5. The molecule has 0 atom stereocenters. The molecule has 0 saturated carbocycles. The average Bonchev–Trinajstić information content (AvgIpc) is 3.34. The van der Waals surface area contributed by atoms with Gasteiger partial charge in [0.15, 0.2) is 0 Å². The Bertz CT molecular complexity index is 1320. The van der Waals surface area contributed by atoms with Crippen molar-refractivity contribution >= 4 is 33.9 Å². The van der Waals surface area contributed by atoms with Gasteiger partial charge in [-0.15, -0.1) is 0 Å². The molecule has 4 heteroatoms. The van der Waals surface area contributed by atoms with Crippen molar-refractivity contribution in [2.75, 3.05) is 0 Å². The van der Waals surface area contributed by atoms with E-state index in [1.165, 1.54) is 0 Å². The first kappa shape index (κ1) is 20.0. The Morgan fingerprint density at radius 2 is 1.53 bits per heavy atom. The van der Waals surface area contributed by atoms with E-state index in [4.69, 9.17) is 4.74 Å². The molecule has 0 fully saturated rings. The second kappa shape index (κ2) is 8.67. The van der Waals surface area contributed by atoms with Crippen molar-refractivity contribution in [3.63, 3.8) is 0 Å². The predicted molar refractivity (Wildman–Crippen MR) is 126 cm³/mol. The number of rotatable bonds is 7. The average molecular weight is 421 g/mol. The Kier molecular flexibility index (Phi) is 5.42. The van der Waals surface area contributed by atoms with Gasteiger partial charge in [-0.2, -0.15) is 0 Å². The van der Waals surface area contributed by atoms with Gasteiger partial charge in [0, 0.05) is 11.8 Å². The van der Waals surface area contributed by atoms with E-state index in [0.29, 0.717) is 19.3 Å². The summed E-state index contributed by atoms with van der Waals surface area (Å²) < 4.78 is 7.22. The lowest BCUT2D eigenvalue weighted by Crippen LogP contribution is -2.07. The molecule has 1 aliphatic rings. The summed E-state index contributed by atoms with van der Waals surface area (Å²) in [5.74, 6) is -0.227. The van der Waals surface area contributed by atoms with Crippen LogP contribution in [0.2, 0.25) is 0 Å². The number of aromatic nitrogens is 1. The lowest BCUT2D eigenvalue weighted by Gasteiger charge is -2.08. The summed E-state index contributed by atoms with van der Waals surface area (Å²) in [6, 6.07) is 29.4. The number of allylic oxidation sites excluding steroid dienone is 2. The standard InChI is InChI=1S/C28H23NO3/c30-26(32-19-20-10-3-1-4-11-20)17-9-15-23-25-18-22-14-7-8-16-24(22)29(25)28(31)27(23)21-12-5-2-6-13-21/h1-8,10-14,16,18H,9,15,17,19H2. The minimum Gasteiger partial charge on any atom is -0.461 e. The minimum atomic E-state index is -0.222. The number of nitrogens with zero attached hydrogens (tertiary/aromatic N) is 1. The van der Waals surface area contributed by atoms with Crippen molar-refractivity contribution in [1.82, 2.24) is 4.57 Å². The normalized spacial score (nSPS) is 12.9. The number of para-hydroxylation sites is 1. The zero-order valence-electron chi connectivity index (χ0n) is 17.7. The molecule has 4 nitrogen and oxygen atoms in total. The van der Waals surface area contributed by atoms with E-state index in [1.54, 1.807) is 4.57 Å². The Hall–Kier alpha value is -3.92. The van der Waals surface area contributed by atoms with Gasteiger partial charge in [-0.05, 0) is 41.7 Å². The molecular weight excluding hydrogens is 398 g/mol. The Morgan fingerprint density at radius 3 is 2.31 bits per heavy atom. The molecule has 2 heterocycles. The van der Waals surface area contributed by atoms with E-state index < -0.39 is 0 Å². The van der Waals surface area contributed by atoms with Crippen molar-refractivity contribution in [3.8, 4) is 0 Å². The van der Waals surface area contributed by atoms with Crippen molar-refractivity contribution in [2.24, 2.45) is 0 Å². The van der Waals surface area contributed by atoms with Gasteiger partial charge in [0.25, 0.3) is 5.91 Å². The molecule has 5 rings (SSSR count). The van der Waals surface area contributed by atoms with Crippen LogP contribution in [0.1, 0.15) is 40.9 Å². The van der Waals surface area contributed by atoms with Crippen molar-refractivity contribution in [3.05, 3.63) is 108 Å². The molecule has 1 aliphatic heterocycles. The maximum Gasteiger partial charge on any atom is 0.306 e. The number of carbonyl (C=O) groups is 2. The molecule has 0 N–H and O–H groups in total. The van der Waals surface area contributed by atoms with Crippen LogP contribution < -0.4 is 0 Å². The number of esters is 1. The smallest absolute Gasteiger partial charge is 0.306 e. The predicted octanol–water partition coefficient (Wildman–Crippen LogP) is 6.12. The Morgan fingerprint density at radius 1 is 0.844 bits per heavy atom. The Balaban J connectivity index is 1.37. The summed E-state index contributed by atoms with van der Waals surface area (Å²) in [4.78, 5) is 25.7. The van der Waals surface area contributed by atoms with E-state index in [2.05, 4.69) is 6.07 Å². The molecule has 0 radical (unpaired) electrons. The monoisotopic (exact) mass is 421 g/mol. The molecule has 3 aromatic carbocycles. The van der Waals surface area contributed by atoms with Crippen LogP contribution >= 0.6 is 0 Å². The second-order valence-corrected chi connectivity index (χ2v) is 7.95. The quantitative estimate of drug-likeness (QED) is 0.338. The zero-order valence-corrected chi connectivity index (χ0v) is 17.7. The van der Waals surface area contributed by atoms with Crippen molar-refractivity contribution in [1.29, 1.82) is 0 Å². The fourth-order valence-corrected chi connectivity index (χ4v) is 4.34. The molecule has 0 saturated heterocycles. The number of benzene rings is 3. The molecule has 32 heavy (non-hydrogen) atoms. The van der Waals surface area contributed by atoms with Crippen molar-refractivity contribution < 1.29 is 14.3 Å². The van der Waals surface area contributed by atoms with Gasteiger partial charge in [0.2, 0.25) is 0 Å². The van der Waals surface area contributed by atoms with Gasteiger partial charge in [-0.25, -0.2) is 0 Å². The third-order valence-corrected chi connectivity index (χ3v) is 5.85. The van der Waals surface area contributed by atoms with Crippen LogP contribution in [0.5, 0.6) is 0 Å². The van der Waals surface area contributed by atoms with Crippen LogP contribution in [0.3, 0.4) is 0 Å². The molecule has 0 bridgehead atoms. The van der Waals surface area contributed by atoms with E-state index >= 15 is 0 Å². The van der Waals surface area contributed by atoms with E-state index in [0.717, 1.165) is 38.9 Å². The van der Waals surface area contributed by atoms with Gasteiger partial charge < -0.3 is 4.74 Å². The van der Waals surface area contributed by atoms with Crippen molar-refractivity contribution in [2.45, 2.75) is 25.9 Å². The minimum absolute atomic E-state index is 0.00551. The summed E-state index contributed by atoms with van der Waals surface area (Å²) >= 11 is 0. The molecule has 4 aromatic rings. The highest BCUT2D eigenvalue weighted by Gasteiger charge is 2.31. The lowest BCUT2D eigenvalue weighted by molar-refractivity contribution is -0.145. The first-order valence-corrected chi connectivity index (χ1v) is 10.9. The molecule has 0 unspecified atom stereocenters. The molecule has 158 valence electrons. The first-order chi connectivity index (χ1) is 15.7. The topological polar surface area (TPSA) is 48.3 Å². The van der Waals surface area contributed by atoms with Crippen LogP contribution in [-0.4, -0.2) is 16.4 Å². The lowest BCUT2D eigenvalue weighted by atomic mass is 9.96. The second-order valence-electron chi connectivity index (χ2n) is 7.95. The van der Waals surface area contributed by atoms with E-state index in [1.807, 2.05) is 84.9 Å². The molecule has 1 aromatic heterocycles. The Labute approximate surface area is 186 Å². The van der Waals surface area contributed by atoms with Gasteiger partial charge in [-0.3, -0.25) is 14.2 Å². The number of carbonyl (C=O) groups excluding carboxylic acids is 2. The number of ether oxygens (including phenoxy) is 1. The summed E-state index contributed by atoms with van der Waals surface area (Å²) in [6.45, 7) is 0.282. The summed E-state index contributed by atoms with van der Waals surface area (Å²) in [7, 11) is 0. The molecular formula is C28H23NO3. The zero-order chi connectivity index (χ0) is 21.9. The van der Waals surface area contributed by atoms with Gasteiger partial charge in [-0.1, -0.05) is 78.9 Å². The third-order valence-electron chi connectivity index (χ3n) is 5.85. The fraction of sp³-hybridized carbons (Fsp3) is 0.143. The molecule has 0 amide bonds.